The quantitative estimate of drug-likeness (QED) is 0.946. The van der Waals surface area contributed by atoms with Crippen LogP contribution in [0.3, 0.4) is 0 Å². The van der Waals surface area contributed by atoms with Gasteiger partial charge in [-0.3, -0.25) is 0 Å². The van der Waals surface area contributed by atoms with Crippen molar-refractivity contribution >= 4 is 27.6 Å². The van der Waals surface area contributed by atoms with Crippen LogP contribution >= 0.6 is 11.6 Å². The maximum atomic E-state index is 12.4. The van der Waals surface area contributed by atoms with Gasteiger partial charge in [-0.25, -0.2) is 23.1 Å². The lowest BCUT2D eigenvalue weighted by molar-refractivity contribution is 0.600. The lowest BCUT2D eigenvalue weighted by Crippen LogP contribution is -2.16. The van der Waals surface area contributed by atoms with E-state index in [2.05, 4.69) is 14.7 Å². The second kappa shape index (κ2) is 5.38. The highest BCUT2D eigenvalue weighted by molar-refractivity contribution is 7.92. The van der Waals surface area contributed by atoms with E-state index in [0.717, 1.165) is 0 Å². The van der Waals surface area contributed by atoms with Crippen LogP contribution in [0.4, 0.5) is 5.95 Å². The van der Waals surface area contributed by atoms with Crippen LogP contribution < -0.4 is 4.72 Å². The topological polar surface area (TPSA) is 72.0 Å². The number of halogens is 1. The van der Waals surface area contributed by atoms with Crippen molar-refractivity contribution in [2.24, 2.45) is 0 Å². The van der Waals surface area contributed by atoms with Gasteiger partial charge in [0, 0.05) is 16.9 Å². The van der Waals surface area contributed by atoms with Gasteiger partial charge < -0.3 is 0 Å². The first-order chi connectivity index (χ1) is 9.29. The smallest absolute Gasteiger partial charge is 0.247 e. The summed E-state index contributed by atoms with van der Waals surface area (Å²) in [7, 11) is -3.73. The number of hydrogen-bond acceptors (Lipinski definition) is 4. The summed E-state index contributed by atoms with van der Waals surface area (Å²) in [4.78, 5) is 8.09. The highest BCUT2D eigenvalue weighted by Gasteiger charge is 2.19. The van der Waals surface area contributed by atoms with Crippen LogP contribution in [-0.4, -0.2) is 18.4 Å². The van der Waals surface area contributed by atoms with E-state index < -0.39 is 10.0 Å². The van der Waals surface area contributed by atoms with Crippen LogP contribution in [0.25, 0.3) is 0 Å². The average molecular weight is 312 g/mol. The molecule has 1 N–H and O–H groups in total. The summed E-state index contributed by atoms with van der Waals surface area (Å²) in [6.45, 7) is 5.21. The average Bonchev–Trinajstić information content (AvgIpc) is 2.33. The van der Waals surface area contributed by atoms with Crippen LogP contribution in [0.5, 0.6) is 0 Å². The van der Waals surface area contributed by atoms with Crippen molar-refractivity contribution in [3.05, 3.63) is 46.2 Å². The van der Waals surface area contributed by atoms with Gasteiger partial charge in [0.15, 0.2) is 0 Å². The molecule has 0 amide bonds. The van der Waals surface area contributed by atoms with Crippen molar-refractivity contribution in [2.45, 2.75) is 25.7 Å². The van der Waals surface area contributed by atoms with Crippen LogP contribution in [0.1, 0.15) is 16.8 Å². The predicted molar refractivity (Wildman–Crippen MR) is 78.5 cm³/mol. The molecule has 1 aromatic carbocycles. The summed E-state index contributed by atoms with van der Waals surface area (Å²) in [5.41, 5.74) is 1.95. The van der Waals surface area contributed by atoms with E-state index in [9.17, 15) is 8.42 Å². The van der Waals surface area contributed by atoms with Crippen molar-refractivity contribution in [2.75, 3.05) is 4.72 Å². The van der Waals surface area contributed by atoms with Crippen molar-refractivity contribution in [1.29, 1.82) is 0 Å². The molecule has 7 heteroatoms. The van der Waals surface area contributed by atoms with E-state index in [1.807, 2.05) is 0 Å². The molecule has 0 saturated carbocycles. The molecule has 5 nitrogen and oxygen atoms in total. The minimum Gasteiger partial charge on any atom is -0.247 e. The van der Waals surface area contributed by atoms with Gasteiger partial charge in [0.1, 0.15) is 0 Å². The number of rotatable bonds is 3. The molecule has 0 bridgehead atoms. The SMILES string of the molecule is Cc1ccnc(NS(=O)(=O)c2cc(C)c(Cl)cc2C)n1. The summed E-state index contributed by atoms with van der Waals surface area (Å²) in [5, 5.41) is 0.535. The molecular weight excluding hydrogens is 298 g/mol. The van der Waals surface area contributed by atoms with E-state index in [-0.39, 0.29) is 10.8 Å². The molecule has 1 heterocycles. The molecule has 0 fully saturated rings. The van der Waals surface area contributed by atoms with E-state index in [4.69, 9.17) is 11.6 Å². The zero-order chi connectivity index (χ0) is 14.9. The fourth-order valence-corrected chi connectivity index (χ4v) is 3.20. The molecule has 0 aliphatic heterocycles. The Morgan fingerprint density at radius 1 is 1.15 bits per heavy atom. The Hall–Kier alpha value is -1.66. The standard InChI is InChI=1S/C13H14ClN3O2S/c1-8-7-12(9(2)6-11(8)14)20(18,19)17-13-15-5-4-10(3)16-13/h4-7H,1-3H3,(H,15,16,17). The number of anilines is 1. The van der Waals surface area contributed by atoms with E-state index >= 15 is 0 Å². The Kier molecular flexibility index (Phi) is 3.96. The fourth-order valence-electron chi connectivity index (χ4n) is 1.72. The number of nitrogens with one attached hydrogen (secondary N) is 1. The number of nitrogens with zero attached hydrogens (tertiary/aromatic N) is 2. The zero-order valence-electron chi connectivity index (χ0n) is 11.3. The summed E-state index contributed by atoms with van der Waals surface area (Å²) in [6.07, 6.45) is 1.50. The van der Waals surface area contributed by atoms with E-state index in [0.29, 0.717) is 21.8 Å². The summed E-state index contributed by atoms with van der Waals surface area (Å²) >= 11 is 5.98. The molecule has 2 aromatic rings. The van der Waals surface area contributed by atoms with Crippen molar-refractivity contribution in [1.82, 2.24) is 9.97 Å². The van der Waals surface area contributed by atoms with Gasteiger partial charge in [-0.2, -0.15) is 0 Å². The monoisotopic (exact) mass is 311 g/mol. The Morgan fingerprint density at radius 3 is 2.50 bits per heavy atom. The third kappa shape index (κ3) is 3.08. The van der Waals surface area contributed by atoms with Gasteiger partial charge >= 0.3 is 0 Å². The molecule has 20 heavy (non-hydrogen) atoms. The van der Waals surface area contributed by atoms with Crippen LogP contribution in [-0.2, 0) is 10.0 Å². The minimum absolute atomic E-state index is 0.0528. The second-order valence-electron chi connectivity index (χ2n) is 4.49. The minimum atomic E-state index is -3.73. The highest BCUT2D eigenvalue weighted by atomic mass is 35.5. The van der Waals surface area contributed by atoms with Gasteiger partial charge in [-0.15, -0.1) is 0 Å². The molecule has 0 aliphatic rings. The molecule has 2 rings (SSSR count). The third-order valence-corrected chi connectivity index (χ3v) is 4.64. The molecule has 106 valence electrons. The predicted octanol–water partition coefficient (Wildman–Crippen LogP) is 2.86. The van der Waals surface area contributed by atoms with Gasteiger partial charge in [0.25, 0.3) is 10.0 Å². The molecule has 0 saturated heterocycles. The molecule has 0 unspecified atom stereocenters. The van der Waals surface area contributed by atoms with Crippen molar-refractivity contribution in [3.8, 4) is 0 Å². The van der Waals surface area contributed by atoms with Gasteiger partial charge in [0.2, 0.25) is 5.95 Å². The Bertz CT molecular complexity index is 760. The molecule has 0 radical (unpaired) electrons. The van der Waals surface area contributed by atoms with Gasteiger partial charge in [-0.1, -0.05) is 11.6 Å². The Balaban J connectivity index is 2.43. The number of aromatic nitrogens is 2. The number of sulfonamides is 1. The Morgan fingerprint density at radius 2 is 1.85 bits per heavy atom. The lowest BCUT2D eigenvalue weighted by Gasteiger charge is -2.11. The number of hydrogen-bond donors (Lipinski definition) is 1. The highest BCUT2D eigenvalue weighted by Crippen LogP contribution is 2.24. The van der Waals surface area contributed by atoms with Crippen LogP contribution in [0.2, 0.25) is 5.02 Å². The van der Waals surface area contributed by atoms with Crippen molar-refractivity contribution in [3.63, 3.8) is 0 Å². The van der Waals surface area contributed by atoms with E-state index in [1.165, 1.54) is 12.3 Å². The zero-order valence-corrected chi connectivity index (χ0v) is 12.9. The molecule has 0 aliphatic carbocycles. The maximum absolute atomic E-state index is 12.4. The van der Waals surface area contributed by atoms with Crippen LogP contribution in [0.15, 0.2) is 29.3 Å². The van der Waals surface area contributed by atoms with Gasteiger partial charge in [0.05, 0.1) is 4.90 Å². The van der Waals surface area contributed by atoms with Crippen LogP contribution in [0, 0.1) is 20.8 Å². The first-order valence-electron chi connectivity index (χ1n) is 5.89. The number of benzene rings is 1. The summed E-state index contributed by atoms with van der Waals surface area (Å²) in [5.74, 6) is 0.0528. The molecule has 0 spiro atoms. The van der Waals surface area contributed by atoms with E-state index in [1.54, 1.807) is 32.9 Å². The number of aryl methyl sites for hydroxylation is 3. The fraction of sp³-hybridized carbons (Fsp3) is 0.231. The maximum Gasteiger partial charge on any atom is 0.264 e. The van der Waals surface area contributed by atoms with Gasteiger partial charge in [-0.05, 0) is 50.1 Å². The Labute approximate surface area is 123 Å². The molecule has 1 aromatic heterocycles. The third-order valence-electron chi connectivity index (χ3n) is 2.77. The molecular formula is C13H14ClN3O2S. The second-order valence-corrected chi connectivity index (χ2v) is 6.55. The first-order valence-corrected chi connectivity index (χ1v) is 7.75. The summed E-state index contributed by atoms with van der Waals surface area (Å²) < 4.78 is 27.1. The molecule has 0 atom stereocenters. The normalized spacial score (nSPS) is 11.4. The largest absolute Gasteiger partial charge is 0.264 e. The van der Waals surface area contributed by atoms with Crippen molar-refractivity contribution < 1.29 is 8.42 Å². The summed E-state index contributed by atoms with van der Waals surface area (Å²) in [6, 6.07) is 4.85. The lowest BCUT2D eigenvalue weighted by atomic mass is 10.2. The first kappa shape index (κ1) is 14.7.